The van der Waals surface area contributed by atoms with Crippen molar-refractivity contribution in [3.05, 3.63) is 94.3 Å². The van der Waals surface area contributed by atoms with Gasteiger partial charge in [-0.1, -0.05) is 36.7 Å². The first-order valence-electron chi connectivity index (χ1n) is 11.4. The molecule has 0 saturated heterocycles. The van der Waals surface area contributed by atoms with Gasteiger partial charge in [0.05, 0.1) is 31.5 Å². The summed E-state index contributed by atoms with van der Waals surface area (Å²) >= 11 is 6.42. The van der Waals surface area contributed by atoms with Gasteiger partial charge >= 0.3 is 12.1 Å². The number of ether oxygens (including phenoxy) is 3. The van der Waals surface area contributed by atoms with Gasteiger partial charge in [0, 0.05) is 28.3 Å². The first-order valence-corrected chi connectivity index (χ1v) is 11.8. The van der Waals surface area contributed by atoms with Crippen LogP contribution in [-0.2, 0) is 16.9 Å². The van der Waals surface area contributed by atoms with Crippen LogP contribution in [0, 0.1) is 0 Å². The lowest BCUT2D eigenvalue weighted by Crippen LogP contribution is -2.46. The summed E-state index contributed by atoms with van der Waals surface area (Å²) in [5.41, 5.74) is -2.52. The third kappa shape index (κ3) is 4.89. The van der Waals surface area contributed by atoms with Gasteiger partial charge in [0.1, 0.15) is 18.1 Å². The maximum Gasteiger partial charge on any atom is 0.422 e. The zero-order valence-corrected chi connectivity index (χ0v) is 21.4. The van der Waals surface area contributed by atoms with Crippen LogP contribution in [0.25, 0.3) is 5.52 Å². The van der Waals surface area contributed by atoms with Crippen molar-refractivity contribution in [2.45, 2.75) is 31.2 Å². The number of benzene rings is 2. The minimum Gasteiger partial charge on any atom is -0.496 e. The second-order valence-corrected chi connectivity index (χ2v) is 8.97. The summed E-state index contributed by atoms with van der Waals surface area (Å²) in [5, 5.41) is 15.1. The number of methoxy groups -OCH3 is 2. The van der Waals surface area contributed by atoms with E-state index in [9.17, 15) is 23.1 Å². The zero-order valence-electron chi connectivity index (χ0n) is 20.6. The van der Waals surface area contributed by atoms with Gasteiger partial charge in [-0.05, 0) is 42.0 Å². The third-order valence-corrected chi connectivity index (χ3v) is 6.76. The predicted molar refractivity (Wildman–Crippen MR) is 134 cm³/mol. The fourth-order valence-electron chi connectivity index (χ4n) is 4.30. The molecule has 0 aliphatic heterocycles. The smallest absolute Gasteiger partial charge is 0.422 e. The summed E-state index contributed by atoms with van der Waals surface area (Å²) in [6.07, 6.45) is -2.52. The van der Waals surface area contributed by atoms with E-state index in [4.69, 9.17) is 25.8 Å². The van der Waals surface area contributed by atoms with Crippen LogP contribution in [0.15, 0.2) is 67.0 Å². The van der Waals surface area contributed by atoms with Gasteiger partial charge in [0.15, 0.2) is 5.60 Å². The van der Waals surface area contributed by atoms with Crippen molar-refractivity contribution in [2.24, 2.45) is 0 Å². The Bertz CT molecular complexity index is 1470. The van der Waals surface area contributed by atoms with Crippen molar-refractivity contribution in [3.8, 4) is 11.5 Å². The minimum absolute atomic E-state index is 0.0119. The number of fused-ring (bicyclic) bond motifs is 1. The Labute approximate surface area is 221 Å². The lowest BCUT2D eigenvalue weighted by molar-refractivity contribution is -0.274. The average molecular weight is 549 g/mol. The molecule has 7 nitrogen and oxygen atoms in total. The number of halogens is 4. The van der Waals surface area contributed by atoms with Gasteiger partial charge in [0.25, 0.3) is 0 Å². The molecule has 0 fully saturated rings. The van der Waals surface area contributed by atoms with E-state index in [1.54, 1.807) is 24.3 Å². The van der Waals surface area contributed by atoms with Gasteiger partial charge in [-0.15, -0.1) is 0 Å². The Kier molecular flexibility index (Phi) is 7.57. The van der Waals surface area contributed by atoms with Crippen LogP contribution in [0.1, 0.15) is 39.9 Å². The van der Waals surface area contributed by atoms with E-state index in [-0.39, 0.29) is 34.0 Å². The molecule has 11 heteroatoms. The van der Waals surface area contributed by atoms with Crippen molar-refractivity contribution in [2.75, 3.05) is 14.2 Å². The highest BCUT2D eigenvalue weighted by Crippen LogP contribution is 2.51. The highest BCUT2D eigenvalue weighted by molar-refractivity contribution is 6.31. The number of aromatic nitrogens is 2. The van der Waals surface area contributed by atoms with E-state index in [1.165, 1.54) is 62.2 Å². The first-order chi connectivity index (χ1) is 18.0. The number of aliphatic hydroxyl groups is 1. The topological polar surface area (TPSA) is 82.3 Å². The van der Waals surface area contributed by atoms with Crippen molar-refractivity contribution < 1.29 is 37.3 Å². The van der Waals surface area contributed by atoms with Crippen LogP contribution in [0.4, 0.5) is 13.2 Å². The third-order valence-electron chi connectivity index (χ3n) is 6.44. The summed E-state index contributed by atoms with van der Waals surface area (Å²) in [4.78, 5) is 11.8. The molecule has 0 spiro atoms. The molecule has 0 amide bonds. The molecule has 2 heterocycles. The molecule has 4 aromatic rings. The number of alkyl halides is 3. The maximum atomic E-state index is 14.4. The second-order valence-electron chi connectivity index (χ2n) is 8.56. The van der Waals surface area contributed by atoms with Crippen LogP contribution in [0.3, 0.4) is 0 Å². The van der Waals surface area contributed by atoms with E-state index in [0.29, 0.717) is 16.9 Å². The predicted octanol–water partition coefficient (Wildman–Crippen LogP) is 5.92. The fourth-order valence-corrected chi connectivity index (χ4v) is 4.64. The molecule has 0 aliphatic carbocycles. The molecular formula is C27H24ClF3N2O5. The molecule has 1 N–H and O–H groups in total. The van der Waals surface area contributed by atoms with Gasteiger partial charge in [0.2, 0.25) is 0 Å². The maximum absolute atomic E-state index is 14.4. The van der Waals surface area contributed by atoms with E-state index in [1.807, 2.05) is 0 Å². The quantitative estimate of drug-likeness (QED) is 0.275. The number of hydrogen-bond acceptors (Lipinski definition) is 6. The van der Waals surface area contributed by atoms with E-state index >= 15 is 0 Å². The Morgan fingerprint density at radius 3 is 2.55 bits per heavy atom. The van der Waals surface area contributed by atoms with Crippen LogP contribution < -0.4 is 9.47 Å². The second kappa shape index (κ2) is 10.5. The molecule has 2 unspecified atom stereocenters. The lowest BCUT2D eigenvalue weighted by atomic mass is 9.78. The van der Waals surface area contributed by atoms with Crippen LogP contribution >= 0.6 is 11.6 Å². The summed E-state index contributed by atoms with van der Waals surface area (Å²) in [5.74, 6) is -1.32. The molecule has 0 aliphatic rings. The average Bonchev–Trinajstić information content (AvgIpc) is 3.34. The van der Waals surface area contributed by atoms with E-state index in [2.05, 4.69) is 5.10 Å². The van der Waals surface area contributed by atoms with E-state index < -0.39 is 23.7 Å². The van der Waals surface area contributed by atoms with Gasteiger partial charge in [-0.3, -0.25) is 0 Å². The summed E-state index contributed by atoms with van der Waals surface area (Å²) in [6.45, 7) is 1.29. The normalized spacial score (nSPS) is 14.1. The molecule has 0 bridgehead atoms. The molecular weight excluding hydrogens is 525 g/mol. The first kappa shape index (κ1) is 27.3. The minimum atomic E-state index is -5.03. The highest BCUT2D eigenvalue weighted by Gasteiger charge is 2.60. The fraction of sp³-hybridized carbons (Fsp3) is 0.259. The Hall–Kier alpha value is -3.76. The number of carbonyl (C=O) groups is 1. The van der Waals surface area contributed by atoms with Crippen LogP contribution in [0.2, 0.25) is 5.02 Å². The number of carbonyl (C=O) groups excluding carboxylic acids is 1. The van der Waals surface area contributed by atoms with E-state index in [0.717, 1.165) is 6.20 Å². The molecule has 38 heavy (non-hydrogen) atoms. The van der Waals surface area contributed by atoms with Crippen molar-refractivity contribution in [1.29, 1.82) is 0 Å². The standard InChI is InChI=1S/C27H24ClF3N2O5/c1-16(26(35,27(29,30)31)21-14-32-33-11-5-4-6-23(21)33)20-10-9-19(13-22(20)28)38-15-18-8-7-17(25(34)37-3)12-24(18)36-2/h4-14,16,35H,15H2,1-3H3. The lowest BCUT2D eigenvalue weighted by Gasteiger charge is -2.36. The van der Waals surface area contributed by atoms with Crippen LogP contribution in [0.5, 0.6) is 11.5 Å². The summed E-state index contributed by atoms with van der Waals surface area (Å²) in [7, 11) is 2.71. The monoisotopic (exact) mass is 548 g/mol. The summed E-state index contributed by atoms with van der Waals surface area (Å²) in [6, 6.07) is 13.6. The highest BCUT2D eigenvalue weighted by atomic mass is 35.5. The zero-order chi connectivity index (χ0) is 27.7. The Balaban J connectivity index is 1.61. The van der Waals surface area contributed by atoms with Gasteiger partial charge < -0.3 is 19.3 Å². The Morgan fingerprint density at radius 2 is 1.89 bits per heavy atom. The SMILES string of the molecule is COC(=O)c1ccc(COc2ccc(C(C)C(O)(c3cnn4ccccc34)C(F)(F)F)c(Cl)c2)c(OC)c1. The molecule has 0 radical (unpaired) electrons. The van der Waals surface area contributed by atoms with Crippen molar-refractivity contribution in [3.63, 3.8) is 0 Å². The Morgan fingerprint density at radius 1 is 1.13 bits per heavy atom. The number of hydrogen-bond donors (Lipinski definition) is 1. The summed E-state index contributed by atoms with van der Waals surface area (Å²) < 4.78 is 60.4. The number of pyridine rings is 1. The molecule has 2 atom stereocenters. The largest absolute Gasteiger partial charge is 0.496 e. The molecule has 200 valence electrons. The molecule has 0 saturated carbocycles. The van der Waals surface area contributed by atoms with Crippen molar-refractivity contribution in [1.82, 2.24) is 9.61 Å². The van der Waals surface area contributed by atoms with Crippen molar-refractivity contribution >= 4 is 23.1 Å². The van der Waals surface area contributed by atoms with Gasteiger partial charge in [-0.25, -0.2) is 9.31 Å². The molecule has 2 aromatic heterocycles. The molecule has 2 aromatic carbocycles. The number of nitrogens with zero attached hydrogens (tertiary/aromatic N) is 2. The van der Waals surface area contributed by atoms with Gasteiger partial charge in [-0.2, -0.15) is 18.3 Å². The number of esters is 1. The number of rotatable bonds is 8. The molecule has 4 rings (SSSR count). The van der Waals surface area contributed by atoms with Crippen LogP contribution in [-0.4, -0.2) is 41.1 Å².